The van der Waals surface area contributed by atoms with Crippen LogP contribution in [0.25, 0.3) is 0 Å². The molecular weight excluding hydrogens is 230 g/mol. The van der Waals surface area contributed by atoms with E-state index in [1.807, 2.05) is 19.2 Å². The van der Waals surface area contributed by atoms with Crippen LogP contribution in [0.4, 0.5) is 5.69 Å². The van der Waals surface area contributed by atoms with E-state index in [0.29, 0.717) is 0 Å². The Balaban J connectivity index is 2.06. The summed E-state index contributed by atoms with van der Waals surface area (Å²) < 4.78 is 0. The number of aromatic nitrogens is 1. The highest BCUT2D eigenvalue weighted by molar-refractivity contribution is 7.07. The Labute approximate surface area is 106 Å². The minimum absolute atomic E-state index is 0.00812. The van der Waals surface area contributed by atoms with Gasteiger partial charge in [-0.05, 0) is 41.4 Å². The van der Waals surface area contributed by atoms with E-state index in [2.05, 4.69) is 39.8 Å². The van der Waals surface area contributed by atoms with Crippen LogP contribution >= 0.6 is 11.3 Å². The fraction of sp³-hybridized carbons (Fsp3) is 0.308. The largest absolute Gasteiger partial charge is 0.369 e. The van der Waals surface area contributed by atoms with Gasteiger partial charge in [0.25, 0.3) is 0 Å². The molecule has 0 radical (unpaired) electrons. The first-order valence-electron chi connectivity index (χ1n) is 5.60. The molecule has 3 nitrogen and oxygen atoms in total. The summed E-state index contributed by atoms with van der Waals surface area (Å²) in [5, 5.41) is 4.26. The van der Waals surface area contributed by atoms with E-state index in [0.717, 1.165) is 17.9 Å². The predicted octanol–water partition coefficient (Wildman–Crippen LogP) is 2.80. The number of hydrogen-bond donors (Lipinski definition) is 1. The molecule has 2 heterocycles. The molecule has 1 atom stereocenters. The molecule has 0 aliphatic carbocycles. The summed E-state index contributed by atoms with van der Waals surface area (Å²) in [6.45, 7) is 2.85. The first kappa shape index (κ1) is 12.1. The van der Waals surface area contributed by atoms with E-state index in [1.54, 1.807) is 11.3 Å². The third kappa shape index (κ3) is 3.05. The zero-order chi connectivity index (χ0) is 12.3. The van der Waals surface area contributed by atoms with Crippen LogP contribution in [0, 0.1) is 0 Å². The second-order valence-electron chi connectivity index (χ2n) is 4.22. The lowest BCUT2D eigenvalue weighted by molar-refractivity contribution is 0.779. The molecule has 17 heavy (non-hydrogen) atoms. The van der Waals surface area contributed by atoms with Crippen molar-refractivity contribution in [2.45, 2.75) is 19.5 Å². The van der Waals surface area contributed by atoms with Gasteiger partial charge in [0.1, 0.15) is 0 Å². The topological polar surface area (TPSA) is 42.1 Å². The summed E-state index contributed by atoms with van der Waals surface area (Å²) >= 11 is 1.72. The maximum Gasteiger partial charge on any atom is 0.0569 e. The standard InChI is InChI=1S/C13H17N3S/c1-10(14)13-4-3-12(7-15-13)16(2)8-11-5-6-17-9-11/h3-7,9-10H,8,14H2,1-2H3/t10-/m0/s1. The monoisotopic (exact) mass is 247 g/mol. The van der Waals surface area contributed by atoms with Crippen molar-refractivity contribution in [3.63, 3.8) is 0 Å². The third-order valence-electron chi connectivity index (χ3n) is 2.68. The Morgan fingerprint density at radius 2 is 2.24 bits per heavy atom. The van der Waals surface area contributed by atoms with E-state index in [4.69, 9.17) is 5.73 Å². The zero-order valence-corrected chi connectivity index (χ0v) is 10.9. The minimum atomic E-state index is -0.00812. The quantitative estimate of drug-likeness (QED) is 0.903. The molecule has 4 heteroatoms. The average Bonchev–Trinajstić information content (AvgIpc) is 2.82. The van der Waals surface area contributed by atoms with Gasteiger partial charge in [-0.3, -0.25) is 4.98 Å². The van der Waals surface area contributed by atoms with Crippen molar-refractivity contribution in [2.75, 3.05) is 11.9 Å². The van der Waals surface area contributed by atoms with Crippen molar-refractivity contribution in [2.24, 2.45) is 5.73 Å². The van der Waals surface area contributed by atoms with Crippen LogP contribution < -0.4 is 10.6 Å². The van der Waals surface area contributed by atoms with Gasteiger partial charge in [0.15, 0.2) is 0 Å². The summed E-state index contributed by atoms with van der Waals surface area (Å²) in [5.41, 5.74) is 9.14. The summed E-state index contributed by atoms with van der Waals surface area (Å²) in [6.07, 6.45) is 1.88. The Morgan fingerprint density at radius 1 is 1.41 bits per heavy atom. The molecule has 0 aliphatic rings. The molecule has 0 saturated heterocycles. The molecule has 2 rings (SSSR count). The lowest BCUT2D eigenvalue weighted by atomic mass is 10.2. The van der Waals surface area contributed by atoms with Gasteiger partial charge in [-0.15, -0.1) is 0 Å². The number of nitrogens with two attached hydrogens (primary N) is 1. The molecule has 0 saturated carbocycles. The molecule has 0 aliphatic heterocycles. The van der Waals surface area contributed by atoms with Gasteiger partial charge in [0.05, 0.1) is 17.6 Å². The van der Waals surface area contributed by atoms with Crippen LogP contribution in [0.15, 0.2) is 35.2 Å². The first-order valence-corrected chi connectivity index (χ1v) is 6.55. The Kier molecular flexibility index (Phi) is 3.76. The molecule has 2 N–H and O–H groups in total. The summed E-state index contributed by atoms with van der Waals surface area (Å²) in [5.74, 6) is 0. The number of hydrogen-bond acceptors (Lipinski definition) is 4. The molecule has 0 amide bonds. The third-order valence-corrected chi connectivity index (χ3v) is 3.41. The highest BCUT2D eigenvalue weighted by Crippen LogP contribution is 2.17. The predicted molar refractivity (Wildman–Crippen MR) is 73.3 cm³/mol. The molecule has 0 spiro atoms. The molecular formula is C13H17N3S. The first-order chi connectivity index (χ1) is 8.16. The average molecular weight is 247 g/mol. The maximum absolute atomic E-state index is 5.77. The van der Waals surface area contributed by atoms with Crippen LogP contribution in [0.5, 0.6) is 0 Å². The Hall–Kier alpha value is -1.39. The fourth-order valence-electron chi connectivity index (χ4n) is 1.64. The SMILES string of the molecule is C[C@H](N)c1ccc(N(C)Cc2ccsc2)cn1. The number of anilines is 1. The van der Waals surface area contributed by atoms with Gasteiger partial charge in [0, 0.05) is 19.6 Å². The molecule has 2 aromatic heterocycles. The molecule has 0 aromatic carbocycles. The van der Waals surface area contributed by atoms with Gasteiger partial charge in [-0.25, -0.2) is 0 Å². The van der Waals surface area contributed by atoms with Crippen LogP contribution in [-0.4, -0.2) is 12.0 Å². The van der Waals surface area contributed by atoms with Crippen LogP contribution in [-0.2, 0) is 6.54 Å². The zero-order valence-electron chi connectivity index (χ0n) is 10.1. The molecule has 0 bridgehead atoms. The van der Waals surface area contributed by atoms with Gasteiger partial charge in [0.2, 0.25) is 0 Å². The van der Waals surface area contributed by atoms with Gasteiger partial charge in [-0.2, -0.15) is 11.3 Å². The van der Waals surface area contributed by atoms with Crippen molar-refractivity contribution in [1.82, 2.24) is 4.98 Å². The minimum Gasteiger partial charge on any atom is -0.369 e. The molecule has 2 aromatic rings. The van der Waals surface area contributed by atoms with Crippen molar-refractivity contribution < 1.29 is 0 Å². The lowest BCUT2D eigenvalue weighted by Gasteiger charge is -2.18. The van der Waals surface area contributed by atoms with E-state index in [-0.39, 0.29) is 6.04 Å². The summed E-state index contributed by atoms with van der Waals surface area (Å²) in [4.78, 5) is 6.55. The number of nitrogens with zero attached hydrogens (tertiary/aromatic N) is 2. The van der Waals surface area contributed by atoms with Gasteiger partial charge in [-0.1, -0.05) is 0 Å². The molecule has 90 valence electrons. The highest BCUT2D eigenvalue weighted by Gasteiger charge is 2.05. The Bertz CT molecular complexity index is 448. The number of pyridine rings is 1. The van der Waals surface area contributed by atoms with Gasteiger partial charge < -0.3 is 10.6 Å². The lowest BCUT2D eigenvalue weighted by Crippen LogP contribution is -2.16. The van der Waals surface area contributed by atoms with Crippen molar-refractivity contribution in [3.8, 4) is 0 Å². The van der Waals surface area contributed by atoms with E-state index < -0.39 is 0 Å². The Morgan fingerprint density at radius 3 is 2.76 bits per heavy atom. The summed E-state index contributed by atoms with van der Waals surface area (Å²) in [7, 11) is 2.07. The normalized spacial score (nSPS) is 12.4. The van der Waals surface area contributed by atoms with Gasteiger partial charge >= 0.3 is 0 Å². The van der Waals surface area contributed by atoms with Crippen molar-refractivity contribution >= 4 is 17.0 Å². The van der Waals surface area contributed by atoms with Crippen LogP contribution in [0.2, 0.25) is 0 Å². The van der Waals surface area contributed by atoms with Crippen molar-refractivity contribution in [1.29, 1.82) is 0 Å². The molecule has 0 fully saturated rings. The molecule has 0 unspecified atom stereocenters. The second-order valence-corrected chi connectivity index (χ2v) is 5.00. The van der Waals surface area contributed by atoms with Crippen molar-refractivity contribution in [3.05, 3.63) is 46.4 Å². The maximum atomic E-state index is 5.77. The van der Waals surface area contributed by atoms with E-state index >= 15 is 0 Å². The fourth-order valence-corrected chi connectivity index (χ4v) is 2.30. The number of thiophene rings is 1. The summed E-state index contributed by atoms with van der Waals surface area (Å²) in [6, 6.07) is 6.19. The number of rotatable bonds is 4. The smallest absolute Gasteiger partial charge is 0.0569 e. The van der Waals surface area contributed by atoms with E-state index in [9.17, 15) is 0 Å². The van der Waals surface area contributed by atoms with Crippen LogP contribution in [0.3, 0.4) is 0 Å². The second kappa shape index (κ2) is 5.29. The van der Waals surface area contributed by atoms with Crippen LogP contribution in [0.1, 0.15) is 24.2 Å². The highest BCUT2D eigenvalue weighted by atomic mass is 32.1. The van der Waals surface area contributed by atoms with E-state index in [1.165, 1.54) is 5.56 Å².